The number of nitrogens with zero attached hydrogens (tertiary/aromatic N) is 16. The number of carbonyl (C=O) groups excluding carboxylic acids is 3. The average Bonchev–Trinajstić information content (AvgIpc) is 1.59. The molecule has 0 bridgehead atoms. The fraction of sp³-hybridized carbons (Fsp3) is 0.255. The van der Waals surface area contributed by atoms with Crippen LogP contribution in [0.4, 0.5) is 24.7 Å². The number of carbonyl (C=O) groups is 3. The fourth-order valence-corrected chi connectivity index (χ4v) is 15.9. The molecule has 3 fully saturated rings. The molecule has 9 heterocycles. The predicted octanol–water partition coefficient (Wildman–Crippen LogP) is 13.4. The summed E-state index contributed by atoms with van der Waals surface area (Å²) in [5.74, 6) is 0.377. The second-order valence-corrected chi connectivity index (χ2v) is 33.0. The Morgan fingerprint density at radius 1 is 0.504 bits per heavy atom. The Bertz CT molecular complexity index is 7630. The van der Waals surface area contributed by atoms with Gasteiger partial charge in [0, 0.05) is 69.9 Å². The number of benzene rings is 7. The number of rotatable bonds is 22. The van der Waals surface area contributed by atoms with Crippen LogP contribution in [-0.4, -0.2) is 145 Å². The summed E-state index contributed by atoms with van der Waals surface area (Å²) in [5.41, 5.74) is 13.9. The fourth-order valence-electron chi connectivity index (χ4n) is 15.7. The number of fused-ring (bicyclic) bond motifs is 3. The molecular weight excluding hydrogens is 1810 g/mol. The largest absolute Gasteiger partial charge is 0.497 e. The van der Waals surface area contributed by atoms with Gasteiger partial charge in [-0.3, -0.25) is 65.8 Å². The Hall–Kier alpha value is -16.1. The van der Waals surface area contributed by atoms with Gasteiger partial charge in [-0.2, -0.15) is 24.1 Å². The van der Waals surface area contributed by atoms with E-state index < -0.39 is 69.5 Å². The first kappa shape index (κ1) is 96.1. The highest BCUT2D eigenvalue weighted by atomic mass is 35.5. The Labute approximate surface area is 800 Å². The Balaban J connectivity index is 0.000000147. The normalized spacial score (nSPS) is 15.8. The molecule has 0 radical (unpaired) electrons. The summed E-state index contributed by atoms with van der Waals surface area (Å²) in [6, 6.07) is 65.0. The highest BCUT2D eigenvalue weighted by molar-refractivity contribution is 6.41. The molecule has 19 rings (SSSR count). The van der Waals surface area contributed by atoms with Gasteiger partial charge in [0.15, 0.2) is 22.7 Å². The van der Waals surface area contributed by atoms with Crippen molar-refractivity contribution in [3.63, 3.8) is 0 Å². The molecule has 3 atom stereocenters. The maximum atomic E-state index is 13.5. The van der Waals surface area contributed by atoms with Crippen molar-refractivity contribution in [1.29, 1.82) is 0 Å². The van der Waals surface area contributed by atoms with Gasteiger partial charge in [-0.05, 0) is 170 Å². The molecule has 9 aromatic heterocycles. The van der Waals surface area contributed by atoms with E-state index in [2.05, 4.69) is 35.6 Å². The number of oxime groups is 1. The highest BCUT2D eigenvalue weighted by Crippen LogP contribution is 2.31. The van der Waals surface area contributed by atoms with E-state index in [9.17, 15) is 56.3 Å². The Morgan fingerprint density at radius 2 is 0.964 bits per heavy atom. The molecule has 716 valence electrons. The summed E-state index contributed by atoms with van der Waals surface area (Å²) in [5, 5.41) is 38.3. The van der Waals surface area contributed by atoms with Crippen LogP contribution in [0.25, 0.3) is 66.9 Å². The van der Waals surface area contributed by atoms with Gasteiger partial charge in [0.2, 0.25) is 11.9 Å². The zero-order valence-corrected chi connectivity index (χ0v) is 77.6. The van der Waals surface area contributed by atoms with E-state index in [1.807, 2.05) is 164 Å². The minimum absolute atomic E-state index is 0.00694. The first-order valence-electron chi connectivity index (χ1n) is 45.3. The van der Waals surface area contributed by atoms with Gasteiger partial charge < -0.3 is 40.3 Å². The monoisotopic (exact) mass is 1910 g/mol. The van der Waals surface area contributed by atoms with Gasteiger partial charge in [0.25, 0.3) is 16.7 Å². The summed E-state index contributed by atoms with van der Waals surface area (Å²) in [4.78, 5) is 123. The third-order valence-electron chi connectivity index (χ3n) is 23.3. The zero-order valence-electron chi connectivity index (χ0n) is 78.9. The Kier molecular flexibility index (Phi) is 31.4. The standard InChI is InChI=1S/C32H27FN6O3.C26H21ClFN5O3.C26H22FN5O3.C8H12O3.C5H7NO2.C5H11NO/c1-37-31(40)28-29(35-25-6-4-3-5-7-25)39(20-22-8-12-23(13-9-22)27-17-14-24(33)18-34-27)36-30(28)38(32(37)41)19-21-10-15-26(42-2)16-11-21;1-31-25(34)22-23(27)33(15-17-6-10-18(11-7-17)20-4-3-5-21(28)29-20)30-24(22)32(26(31)35)14-16-8-12-19(36-2)13-9-16;1-30-25(33)21-16-31(14-17-6-10-19(11-7-17)22-4-3-5-23(27)28-22)29-24(21)32(26(30)34)15-18-8-12-20(35-2)13-9-18;1-2-11-8(10)6-4-3-5-7(6)9;7-5-3-1-2-4(5)6-8;6-4-2-1-3-5(4)7/h3-18,35H,19-20H2,1-2H3;3-13H,14-15H2,1-2H3;3-13,16H,14-15H2,1-2H3;6H,2-5H2,1H3;8H,1-3H2;4-5,7H,1-3,6H2/b;;;;6-4-;/i;;;;;4D,5D. The molecular formula is C102H100ClF3N18O15. The van der Waals surface area contributed by atoms with Gasteiger partial charge in [0.1, 0.15) is 67.6 Å². The van der Waals surface area contributed by atoms with Gasteiger partial charge in [-0.1, -0.05) is 156 Å². The van der Waals surface area contributed by atoms with Crippen LogP contribution >= 0.6 is 11.6 Å². The molecule has 5 N–H and O–H groups in total. The van der Waals surface area contributed by atoms with E-state index in [4.69, 9.17) is 54.4 Å². The lowest BCUT2D eigenvalue weighted by atomic mass is 10.1. The molecule has 3 unspecified atom stereocenters. The number of hydrogen-bond acceptors (Lipinski definition) is 24. The molecule has 0 aliphatic heterocycles. The minimum Gasteiger partial charge on any atom is -0.497 e. The Morgan fingerprint density at radius 3 is 1.39 bits per heavy atom. The number of esters is 1. The maximum Gasteiger partial charge on any atom is 0.332 e. The molecule has 3 aliphatic carbocycles. The molecule has 3 saturated carbocycles. The number of aromatic nitrogens is 15. The number of aliphatic hydroxyl groups is 1. The van der Waals surface area contributed by atoms with Gasteiger partial charge in [-0.25, -0.2) is 38.1 Å². The van der Waals surface area contributed by atoms with Crippen LogP contribution < -0.4 is 59.0 Å². The molecule has 7 aromatic carbocycles. The van der Waals surface area contributed by atoms with E-state index in [0.717, 1.165) is 88.1 Å². The molecule has 0 spiro atoms. The number of hydrogen-bond donors (Lipinski definition) is 4. The topological polar surface area (TPSA) is 403 Å². The van der Waals surface area contributed by atoms with Crippen molar-refractivity contribution in [2.45, 2.75) is 116 Å². The lowest BCUT2D eigenvalue weighted by molar-refractivity contribution is -0.150. The van der Waals surface area contributed by atoms with Crippen LogP contribution in [0.2, 0.25) is 5.15 Å². The first-order valence-corrected chi connectivity index (χ1v) is 44.7. The van der Waals surface area contributed by atoms with E-state index >= 15 is 0 Å². The molecule has 139 heavy (non-hydrogen) atoms. The summed E-state index contributed by atoms with van der Waals surface area (Å²) in [6.45, 7) is 3.78. The zero-order chi connectivity index (χ0) is 101. The minimum atomic E-state index is -1.72. The van der Waals surface area contributed by atoms with Crippen molar-refractivity contribution < 1.29 is 59.6 Å². The maximum absolute atomic E-state index is 13.5. The van der Waals surface area contributed by atoms with Crippen LogP contribution in [0.15, 0.2) is 271 Å². The van der Waals surface area contributed by atoms with Crippen LogP contribution in [-0.2, 0) is 79.5 Å². The summed E-state index contributed by atoms with van der Waals surface area (Å²) in [6.07, 6.45) is 6.67. The summed E-state index contributed by atoms with van der Waals surface area (Å²) in [7, 11) is 9.12. The van der Waals surface area contributed by atoms with Gasteiger partial charge >= 0.3 is 23.0 Å². The van der Waals surface area contributed by atoms with Crippen molar-refractivity contribution in [3.05, 3.63) is 356 Å². The van der Waals surface area contributed by atoms with E-state index in [-0.39, 0.29) is 65.5 Å². The molecule has 16 aromatic rings. The second kappa shape index (κ2) is 45.5. The summed E-state index contributed by atoms with van der Waals surface area (Å²) >= 11 is 6.60. The number of pyridine rings is 3. The van der Waals surface area contributed by atoms with Gasteiger partial charge in [-0.15, -0.1) is 0 Å². The number of ether oxygens (including phenoxy) is 4. The highest BCUT2D eigenvalue weighted by Gasteiger charge is 2.32. The van der Waals surface area contributed by atoms with Crippen molar-refractivity contribution in [3.8, 4) is 51.0 Å². The molecule has 0 amide bonds. The molecule has 37 heteroatoms. The van der Waals surface area contributed by atoms with E-state index in [1.54, 1.807) is 86.3 Å². The van der Waals surface area contributed by atoms with Crippen molar-refractivity contribution >= 4 is 79.5 Å². The predicted molar refractivity (Wildman–Crippen MR) is 520 cm³/mol. The molecule has 0 saturated heterocycles. The number of Topliss-reactive ketones (excluding diaryl/α,β-unsaturated/α-hetero) is 2. The van der Waals surface area contributed by atoms with Crippen LogP contribution in [0.5, 0.6) is 17.2 Å². The number of nitrogens with one attached hydrogen (secondary N) is 1. The average molecular weight is 1910 g/mol. The van der Waals surface area contributed by atoms with E-state index in [1.165, 1.54) is 63.9 Å². The first-order chi connectivity index (χ1) is 67.7. The number of anilines is 2. The lowest BCUT2D eigenvalue weighted by Gasteiger charge is -2.11. The van der Waals surface area contributed by atoms with Crippen molar-refractivity contribution in [2.75, 3.05) is 33.3 Å². The lowest BCUT2D eigenvalue weighted by Crippen LogP contribution is -2.38. The van der Waals surface area contributed by atoms with Crippen molar-refractivity contribution in [2.24, 2.45) is 38.0 Å². The third-order valence-corrected chi connectivity index (χ3v) is 23.6. The van der Waals surface area contributed by atoms with Crippen molar-refractivity contribution in [1.82, 2.24) is 71.7 Å². The van der Waals surface area contributed by atoms with E-state index in [0.29, 0.717) is 121 Å². The van der Waals surface area contributed by atoms with Crippen LogP contribution in [0.1, 0.15) is 101 Å². The van der Waals surface area contributed by atoms with Crippen LogP contribution in [0.3, 0.4) is 0 Å². The number of methoxy groups -OCH3 is 3. The van der Waals surface area contributed by atoms with Gasteiger partial charge in [0.05, 0.1) is 97.9 Å². The summed E-state index contributed by atoms with van der Waals surface area (Å²) < 4.78 is 87.5. The number of nitrogens with two attached hydrogens (primary N) is 1. The van der Waals surface area contributed by atoms with Crippen LogP contribution in [0, 0.1) is 23.6 Å². The quantitative estimate of drug-likeness (QED) is 0.0161. The molecule has 3 aliphatic rings. The number of para-hydroxylation sites is 1. The third kappa shape index (κ3) is 23.9. The number of ketones is 2. The second-order valence-electron chi connectivity index (χ2n) is 32.6. The number of halogens is 4. The SMILES string of the molecule is CCOC(=O)C1CCCC1=O.COc1ccc(Cn2c(=O)n(C)c(=O)c3c(Cl)n(Cc4ccc(-c5cccc(F)n5)cc4)nc32)cc1.COc1ccc(Cn2c(=O)n(C)c(=O)c3c(Nc4ccccc4)n(Cc4ccc(-c5ccc(F)cn5)cc4)nc32)cc1.COc1ccc(Cn2c(=O)n(C)c(=O)c3cn(Cc4ccc(-c5cccc(F)n5)cc4)nc32)cc1.O=C1CCC/C1=N/O.[2H]C1(N)CCCC1([2H])O. The molecule has 33 nitrogen and oxygen atoms in total. The smallest absolute Gasteiger partial charge is 0.332 e.